The maximum Gasteiger partial charge on any atom is 0.272 e. The van der Waals surface area contributed by atoms with E-state index in [1.807, 2.05) is 49.4 Å². The second-order valence-electron chi connectivity index (χ2n) is 6.39. The van der Waals surface area contributed by atoms with Crippen LogP contribution in [-0.2, 0) is 4.74 Å². The zero-order valence-corrected chi connectivity index (χ0v) is 15.3. The molecule has 0 spiro atoms. The molecule has 0 atom stereocenters. The number of carbonyl (C=O) groups excluding carboxylic acids is 1. The van der Waals surface area contributed by atoms with Crippen molar-refractivity contribution in [2.24, 2.45) is 0 Å². The van der Waals surface area contributed by atoms with Crippen molar-refractivity contribution in [3.8, 4) is 0 Å². The Morgan fingerprint density at radius 3 is 2.77 bits per heavy atom. The van der Waals surface area contributed by atoms with Gasteiger partial charge in [-0.2, -0.15) is 0 Å². The third kappa shape index (κ3) is 3.16. The fourth-order valence-electron chi connectivity index (χ4n) is 3.37. The highest BCUT2D eigenvalue weighted by molar-refractivity contribution is 6.31. The zero-order valence-electron chi connectivity index (χ0n) is 14.5. The Kier molecular flexibility index (Phi) is 4.57. The number of aromatic nitrogens is 1. The number of aromatic amines is 1. The summed E-state index contributed by atoms with van der Waals surface area (Å²) in [4.78, 5) is 18.3. The number of carbonyl (C=O) groups is 1. The molecule has 1 aliphatic rings. The Morgan fingerprint density at radius 1 is 1.19 bits per heavy atom. The van der Waals surface area contributed by atoms with Crippen molar-refractivity contribution in [2.45, 2.75) is 6.92 Å². The van der Waals surface area contributed by atoms with Gasteiger partial charge in [0.05, 0.1) is 24.6 Å². The molecule has 6 heteroatoms. The first-order valence-corrected chi connectivity index (χ1v) is 9.02. The number of rotatable bonds is 3. The average molecular weight is 370 g/mol. The molecule has 2 heterocycles. The van der Waals surface area contributed by atoms with Gasteiger partial charge in [-0.25, -0.2) is 0 Å². The molecule has 5 nitrogen and oxygen atoms in total. The summed E-state index contributed by atoms with van der Waals surface area (Å²) in [5.74, 6) is -0.157. The normalized spacial score (nSPS) is 14.6. The largest absolute Gasteiger partial charge is 0.378 e. The Balaban J connectivity index is 1.64. The summed E-state index contributed by atoms with van der Waals surface area (Å²) < 4.78 is 5.43. The van der Waals surface area contributed by atoms with E-state index in [1.54, 1.807) is 0 Å². The van der Waals surface area contributed by atoms with E-state index in [-0.39, 0.29) is 5.91 Å². The molecule has 1 fully saturated rings. The third-order valence-electron chi connectivity index (χ3n) is 4.75. The topological polar surface area (TPSA) is 57.4 Å². The number of nitrogens with one attached hydrogen (secondary N) is 2. The molecule has 1 aliphatic heterocycles. The number of anilines is 2. The molecule has 0 aliphatic carbocycles. The number of fused-ring (bicyclic) bond motifs is 1. The first-order chi connectivity index (χ1) is 12.6. The van der Waals surface area contributed by atoms with E-state index in [4.69, 9.17) is 16.3 Å². The molecule has 1 amide bonds. The summed E-state index contributed by atoms with van der Waals surface area (Å²) in [5.41, 5.74) is 4.16. The first kappa shape index (κ1) is 16.9. The van der Waals surface area contributed by atoms with E-state index >= 15 is 0 Å². The van der Waals surface area contributed by atoms with Crippen molar-refractivity contribution in [1.29, 1.82) is 0 Å². The Morgan fingerprint density at radius 2 is 1.96 bits per heavy atom. The van der Waals surface area contributed by atoms with E-state index in [2.05, 4.69) is 15.2 Å². The molecule has 1 saturated heterocycles. The summed E-state index contributed by atoms with van der Waals surface area (Å²) in [6.07, 6.45) is 0. The first-order valence-electron chi connectivity index (χ1n) is 8.64. The van der Waals surface area contributed by atoms with E-state index < -0.39 is 0 Å². The van der Waals surface area contributed by atoms with Crippen molar-refractivity contribution in [3.63, 3.8) is 0 Å². The maximum atomic E-state index is 12.9. The number of morpholine rings is 1. The Labute approximate surface area is 156 Å². The molecular weight excluding hydrogens is 350 g/mol. The van der Waals surface area contributed by atoms with Gasteiger partial charge in [0.25, 0.3) is 5.91 Å². The molecule has 4 rings (SSSR count). The number of halogens is 1. The van der Waals surface area contributed by atoms with E-state index in [9.17, 15) is 4.79 Å². The van der Waals surface area contributed by atoms with Gasteiger partial charge in [0.2, 0.25) is 0 Å². The standard InChI is InChI=1S/C20H20ClN3O2/c1-13-15-12-14(21)6-7-16(15)22-19(13)20(25)23-17-4-2-3-5-18(17)24-8-10-26-11-9-24/h2-7,12,22H,8-11H2,1H3,(H,23,25). The monoisotopic (exact) mass is 369 g/mol. The highest BCUT2D eigenvalue weighted by atomic mass is 35.5. The number of aryl methyl sites for hydroxylation is 1. The molecule has 0 saturated carbocycles. The second kappa shape index (κ2) is 7.02. The van der Waals surface area contributed by atoms with Crippen molar-refractivity contribution >= 4 is 39.8 Å². The molecule has 1 aromatic heterocycles. The van der Waals surface area contributed by atoms with Crippen molar-refractivity contribution in [3.05, 3.63) is 58.7 Å². The lowest BCUT2D eigenvalue weighted by Gasteiger charge is -2.30. The van der Waals surface area contributed by atoms with Crippen molar-refractivity contribution in [1.82, 2.24) is 4.98 Å². The number of H-pyrrole nitrogens is 1. The van der Waals surface area contributed by atoms with Crippen LogP contribution in [0.25, 0.3) is 10.9 Å². The number of nitrogens with zero attached hydrogens (tertiary/aromatic N) is 1. The quantitative estimate of drug-likeness (QED) is 0.726. The van der Waals surface area contributed by atoms with Crippen molar-refractivity contribution < 1.29 is 9.53 Å². The summed E-state index contributed by atoms with van der Waals surface area (Å²) in [6, 6.07) is 13.4. The van der Waals surface area contributed by atoms with Gasteiger partial charge in [0.15, 0.2) is 0 Å². The lowest BCUT2D eigenvalue weighted by Crippen LogP contribution is -2.36. The van der Waals surface area contributed by atoms with Gasteiger partial charge in [-0.15, -0.1) is 0 Å². The van der Waals surface area contributed by atoms with Gasteiger partial charge in [-0.3, -0.25) is 4.79 Å². The van der Waals surface area contributed by atoms with Crippen LogP contribution in [0.2, 0.25) is 5.02 Å². The summed E-state index contributed by atoms with van der Waals surface area (Å²) in [5, 5.41) is 4.67. The van der Waals surface area contributed by atoms with Gasteiger partial charge in [-0.1, -0.05) is 23.7 Å². The molecule has 26 heavy (non-hydrogen) atoms. The second-order valence-corrected chi connectivity index (χ2v) is 6.82. The van der Waals surface area contributed by atoms with Gasteiger partial charge in [0, 0.05) is 29.0 Å². The number of hydrogen-bond acceptors (Lipinski definition) is 3. The minimum Gasteiger partial charge on any atom is -0.378 e. The maximum absolute atomic E-state index is 12.9. The molecule has 2 N–H and O–H groups in total. The Bertz CT molecular complexity index is 961. The molecule has 0 radical (unpaired) electrons. The zero-order chi connectivity index (χ0) is 18.1. The third-order valence-corrected chi connectivity index (χ3v) is 4.99. The van der Waals surface area contributed by atoms with Crippen LogP contribution in [0.1, 0.15) is 16.1 Å². The fraction of sp³-hybridized carbons (Fsp3) is 0.250. The number of ether oxygens (including phenoxy) is 1. The summed E-state index contributed by atoms with van der Waals surface area (Å²) >= 11 is 6.09. The summed E-state index contributed by atoms with van der Waals surface area (Å²) in [7, 11) is 0. The molecule has 0 unspecified atom stereocenters. The van der Waals surface area contributed by atoms with Gasteiger partial charge in [-0.05, 0) is 42.8 Å². The molecule has 134 valence electrons. The van der Waals surface area contributed by atoms with Gasteiger partial charge >= 0.3 is 0 Å². The smallest absolute Gasteiger partial charge is 0.272 e. The van der Waals surface area contributed by atoms with Gasteiger partial charge < -0.3 is 19.9 Å². The number of hydrogen-bond donors (Lipinski definition) is 2. The SMILES string of the molecule is Cc1c(C(=O)Nc2ccccc2N2CCOCC2)[nH]c2ccc(Cl)cc12. The number of amides is 1. The van der Waals surface area contributed by atoms with Crippen LogP contribution in [0, 0.1) is 6.92 Å². The predicted octanol–water partition coefficient (Wildman–Crippen LogP) is 4.22. The molecule has 3 aromatic rings. The lowest BCUT2D eigenvalue weighted by molar-refractivity contribution is 0.102. The predicted molar refractivity (Wildman–Crippen MR) is 105 cm³/mol. The van der Waals surface area contributed by atoms with E-state index in [0.29, 0.717) is 23.9 Å². The van der Waals surface area contributed by atoms with Crippen LogP contribution in [0.4, 0.5) is 11.4 Å². The van der Waals surface area contributed by atoms with Crippen LogP contribution in [0.15, 0.2) is 42.5 Å². The summed E-state index contributed by atoms with van der Waals surface area (Å²) in [6.45, 7) is 4.96. The lowest BCUT2D eigenvalue weighted by atomic mass is 10.1. The van der Waals surface area contributed by atoms with E-state index in [1.165, 1.54) is 0 Å². The van der Waals surface area contributed by atoms with Gasteiger partial charge in [0.1, 0.15) is 5.69 Å². The molecular formula is C20H20ClN3O2. The van der Waals surface area contributed by atoms with Crippen LogP contribution < -0.4 is 10.2 Å². The minimum absolute atomic E-state index is 0.157. The van der Waals surface area contributed by atoms with Crippen LogP contribution in [-0.4, -0.2) is 37.2 Å². The highest BCUT2D eigenvalue weighted by Gasteiger charge is 2.19. The van der Waals surface area contributed by atoms with Crippen LogP contribution >= 0.6 is 11.6 Å². The molecule has 0 bridgehead atoms. The van der Waals surface area contributed by atoms with Crippen LogP contribution in [0.3, 0.4) is 0 Å². The van der Waals surface area contributed by atoms with E-state index in [0.717, 1.165) is 40.9 Å². The minimum atomic E-state index is -0.157. The Hall–Kier alpha value is -2.50. The number of benzene rings is 2. The highest BCUT2D eigenvalue weighted by Crippen LogP contribution is 2.29. The average Bonchev–Trinajstić information content (AvgIpc) is 2.99. The van der Waals surface area contributed by atoms with Crippen LogP contribution in [0.5, 0.6) is 0 Å². The van der Waals surface area contributed by atoms with Crippen molar-refractivity contribution in [2.75, 3.05) is 36.5 Å². The molecule has 2 aromatic carbocycles. The fourth-order valence-corrected chi connectivity index (χ4v) is 3.54. The number of para-hydroxylation sites is 2.